The smallest absolute Gasteiger partial charge is 0.311 e. The Balaban J connectivity index is 2.21. The molecule has 1 aliphatic rings. The van der Waals surface area contributed by atoms with Gasteiger partial charge >= 0.3 is 5.69 Å². The van der Waals surface area contributed by atoms with E-state index in [1.54, 1.807) is 6.07 Å². The fourth-order valence-electron chi connectivity index (χ4n) is 3.10. The van der Waals surface area contributed by atoms with Gasteiger partial charge in [0.15, 0.2) is 5.75 Å². The van der Waals surface area contributed by atoms with Crippen molar-refractivity contribution in [2.24, 2.45) is 5.41 Å². The van der Waals surface area contributed by atoms with Crippen molar-refractivity contribution in [3.8, 4) is 5.75 Å². The van der Waals surface area contributed by atoms with Gasteiger partial charge in [0, 0.05) is 16.8 Å². The molecule has 5 heteroatoms. The molecule has 4 nitrogen and oxygen atoms in total. The van der Waals surface area contributed by atoms with Gasteiger partial charge in [0.2, 0.25) is 0 Å². The minimum Gasteiger partial charge on any atom is -0.486 e. The third-order valence-electron chi connectivity index (χ3n) is 4.32. The van der Waals surface area contributed by atoms with Crippen LogP contribution in [-0.4, -0.2) is 16.9 Å². The lowest BCUT2D eigenvalue weighted by molar-refractivity contribution is -0.386. The van der Waals surface area contributed by atoms with E-state index in [0.29, 0.717) is 12.4 Å². The molecule has 116 valence electrons. The Bertz CT molecular complexity index is 524. The number of nitro benzene ring substituents is 1. The van der Waals surface area contributed by atoms with Crippen LogP contribution in [-0.2, 0) is 0 Å². The average molecular weight is 356 g/mol. The van der Waals surface area contributed by atoms with Crippen LogP contribution in [0.1, 0.15) is 43.2 Å². The summed E-state index contributed by atoms with van der Waals surface area (Å²) in [6.45, 7) is 4.28. The molecule has 0 aromatic heterocycles. The number of benzene rings is 1. The predicted octanol–water partition coefficient (Wildman–Crippen LogP) is 4.94. The molecule has 0 heterocycles. The number of nitro groups is 1. The van der Waals surface area contributed by atoms with E-state index in [2.05, 4.69) is 15.9 Å². The van der Waals surface area contributed by atoms with Crippen LogP contribution in [0.25, 0.3) is 0 Å². The zero-order valence-electron chi connectivity index (χ0n) is 12.7. The molecule has 0 saturated heterocycles. The molecule has 1 aromatic carbocycles. The maximum Gasteiger partial charge on any atom is 0.311 e. The number of aryl methyl sites for hydroxylation is 2. The van der Waals surface area contributed by atoms with E-state index < -0.39 is 0 Å². The SMILES string of the molecule is Cc1cc(C)c(OCC2(CBr)CCCCC2)c([N+](=O)[O-])c1. The minimum atomic E-state index is -0.350. The Morgan fingerprint density at radius 1 is 1.29 bits per heavy atom. The molecule has 0 aliphatic heterocycles. The summed E-state index contributed by atoms with van der Waals surface area (Å²) in [5.41, 5.74) is 1.92. The Morgan fingerprint density at radius 2 is 1.95 bits per heavy atom. The van der Waals surface area contributed by atoms with Crippen LogP contribution in [0.4, 0.5) is 5.69 Å². The average Bonchev–Trinajstić information content (AvgIpc) is 2.46. The molecule has 0 N–H and O–H groups in total. The number of hydrogen-bond acceptors (Lipinski definition) is 3. The molecular formula is C16H22BrNO3. The summed E-state index contributed by atoms with van der Waals surface area (Å²) in [5, 5.41) is 12.1. The number of rotatable bonds is 5. The first kappa shape index (κ1) is 16.3. The quantitative estimate of drug-likeness (QED) is 0.427. The molecule has 0 spiro atoms. The van der Waals surface area contributed by atoms with Crippen molar-refractivity contribution in [1.82, 2.24) is 0 Å². The van der Waals surface area contributed by atoms with E-state index in [9.17, 15) is 10.1 Å². The topological polar surface area (TPSA) is 52.4 Å². The van der Waals surface area contributed by atoms with Gasteiger partial charge in [-0.05, 0) is 37.8 Å². The van der Waals surface area contributed by atoms with Crippen LogP contribution in [0.3, 0.4) is 0 Å². The summed E-state index contributed by atoms with van der Waals surface area (Å²) in [5.74, 6) is 0.427. The molecule has 1 aromatic rings. The Hall–Kier alpha value is -1.10. The lowest BCUT2D eigenvalue weighted by atomic mass is 9.76. The molecule has 0 bridgehead atoms. The van der Waals surface area contributed by atoms with Crippen molar-refractivity contribution in [2.75, 3.05) is 11.9 Å². The van der Waals surface area contributed by atoms with Crippen LogP contribution >= 0.6 is 15.9 Å². The number of ether oxygens (including phenoxy) is 1. The molecular weight excluding hydrogens is 334 g/mol. The lowest BCUT2D eigenvalue weighted by Crippen LogP contribution is -2.33. The van der Waals surface area contributed by atoms with Crippen molar-refractivity contribution in [2.45, 2.75) is 46.0 Å². The third-order valence-corrected chi connectivity index (χ3v) is 5.51. The van der Waals surface area contributed by atoms with Crippen LogP contribution < -0.4 is 4.74 Å². The second-order valence-corrected chi connectivity index (χ2v) is 6.73. The van der Waals surface area contributed by atoms with Gasteiger partial charge in [-0.1, -0.05) is 41.3 Å². The van der Waals surface area contributed by atoms with Gasteiger partial charge in [0.25, 0.3) is 0 Å². The monoisotopic (exact) mass is 355 g/mol. The lowest BCUT2D eigenvalue weighted by Gasteiger charge is -2.35. The van der Waals surface area contributed by atoms with Crippen LogP contribution in [0.15, 0.2) is 12.1 Å². The second kappa shape index (κ2) is 6.77. The highest BCUT2D eigenvalue weighted by molar-refractivity contribution is 9.09. The van der Waals surface area contributed by atoms with Crippen LogP contribution in [0.2, 0.25) is 0 Å². The van der Waals surface area contributed by atoms with E-state index in [1.165, 1.54) is 19.3 Å². The fourth-order valence-corrected chi connectivity index (χ4v) is 3.82. The number of halogens is 1. The largest absolute Gasteiger partial charge is 0.486 e. The summed E-state index contributed by atoms with van der Waals surface area (Å²) < 4.78 is 5.95. The third kappa shape index (κ3) is 3.76. The Morgan fingerprint density at radius 3 is 2.52 bits per heavy atom. The minimum absolute atomic E-state index is 0.0769. The van der Waals surface area contributed by atoms with Crippen LogP contribution in [0.5, 0.6) is 5.75 Å². The van der Waals surface area contributed by atoms with E-state index in [1.807, 2.05) is 19.9 Å². The molecule has 2 rings (SSSR count). The summed E-state index contributed by atoms with van der Waals surface area (Å²) in [6, 6.07) is 3.52. The van der Waals surface area contributed by atoms with E-state index in [0.717, 1.165) is 29.3 Å². The molecule has 0 unspecified atom stereocenters. The summed E-state index contributed by atoms with van der Waals surface area (Å²) in [4.78, 5) is 10.9. The molecule has 1 fully saturated rings. The first-order valence-corrected chi connectivity index (χ1v) is 8.54. The van der Waals surface area contributed by atoms with Gasteiger partial charge in [0.05, 0.1) is 11.5 Å². The Labute approximate surface area is 134 Å². The van der Waals surface area contributed by atoms with E-state index >= 15 is 0 Å². The van der Waals surface area contributed by atoms with Crippen molar-refractivity contribution >= 4 is 21.6 Å². The van der Waals surface area contributed by atoms with Crippen molar-refractivity contribution in [3.63, 3.8) is 0 Å². The van der Waals surface area contributed by atoms with Crippen molar-refractivity contribution in [3.05, 3.63) is 33.4 Å². The maximum atomic E-state index is 11.2. The highest BCUT2D eigenvalue weighted by atomic mass is 79.9. The first-order valence-electron chi connectivity index (χ1n) is 7.42. The van der Waals surface area contributed by atoms with Gasteiger partial charge in [0.1, 0.15) is 0 Å². The summed E-state index contributed by atoms with van der Waals surface area (Å²) in [7, 11) is 0. The molecule has 0 amide bonds. The van der Waals surface area contributed by atoms with Gasteiger partial charge in [-0.25, -0.2) is 0 Å². The molecule has 1 aliphatic carbocycles. The number of nitrogens with zero attached hydrogens (tertiary/aromatic N) is 1. The van der Waals surface area contributed by atoms with Crippen LogP contribution in [0, 0.1) is 29.4 Å². The fraction of sp³-hybridized carbons (Fsp3) is 0.625. The predicted molar refractivity (Wildman–Crippen MR) is 87.4 cm³/mol. The normalized spacial score (nSPS) is 17.5. The number of hydrogen-bond donors (Lipinski definition) is 0. The van der Waals surface area contributed by atoms with Gasteiger partial charge in [-0.3, -0.25) is 10.1 Å². The summed E-state index contributed by atoms with van der Waals surface area (Å²) >= 11 is 3.61. The maximum absolute atomic E-state index is 11.2. The van der Waals surface area contributed by atoms with Gasteiger partial charge in [-0.2, -0.15) is 0 Å². The standard InChI is InChI=1S/C16H22BrNO3/c1-12-8-13(2)15(14(9-12)18(19)20)21-11-16(10-17)6-4-3-5-7-16/h8-9H,3-7,10-11H2,1-2H3. The zero-order valence-corrected chi connectivity index (χ0v) is 14.2. The molecule has 1 saturated carbocycles. The summed E-state index contributed by atoms with van der Waals surface area (Å²) in [6.07, 6.45) is 5.94. The second-order valence-electron chi connectivity index (χ2n) is 6.17. The Kier molecular flexibility index (Phi) is 5.25. The van der Waals surface area contributed by atoms with Gasteiger partial charge < -0.3 is 4.74 Å². The molecule has 0 atom stereocenters. The zero-order chi connectivity index (χ0) is 15.5. The van der Waals surface area contributed by atoms with Gasteiger partial charge in [-0.15, -0.1) is 0 Å². The van der Waals surface area contributed by atoms with Crippen molar-refractivity contribution < 1.29 is 9.66 Å². The highest BCUT2D eigenvalue weighted by Crippen LogP contribution is 2.40. The molecule has 0 radical (unpaired) electrons. The van der Waals surface area contributed by atoms with Crippen molar-refractivity contribution in [1.29, 1.82) is 0 Å². The highest BCUT2D eigenvalue weighted by Gasteiger charge is 2.33. The van der Waals surface area contributed by atoms with E-state index in [4.69, 9.17) is 4.74 Å². The number of alkyl halides is 1. The molecule has 21 heavy (non-hydrogen) atoms. The first-order chi connectivity index (χ1) is 9.97. The van der Waals surface area contributed by atoms with E-state index in [-0.39, 0.29) is 16.0 Å².